The van der Waals surface area contributed by atoms with Crippen molar-refractivity contribution in [2.75, 3.05) is 46.9 Å². The number of pyridine rings is 1. The molecule has 0 bridgehead atoms. The van der Waals surface area contributed by atoms with Crippen LogP contribution in [0, 0.1) is 5.92 Å². The lowest BCUT2D eigenvalue weighted by atomic mass is 9.91. The summed E-state index contributed by atoms with van der Waals surface area (Å²) >= 11 is 0. The van der Waals surface area contributed by atoms with E-state index in [0.717, 1.165) is 12.1 Å². The van der Waals surface area contributed by atoms with Gasteiger partial charge in [0, 0.05) is 31.4 Å². The zero-order valence-corrected chi connectivity index (χ0v) is 26.1. The number of hydrogen-bond donors (Lipinski definition) is 1. The lowest BCUT2D eigenvalue weighted by molar-refractivity contribution is -0.160. The Morgan fingerprint density at radius 3 is 2.50 bits per heavy atom. The van der Waals surface area contributed by atoms with Gasteiger partial charge in [-0.25, -0.2) is 14.6 Å². The summed E-state index contributed by atoms with van der Waals surface area (Å²) in [6, 6.07) is 4.98. The molecule has 0 aliphatic carbocycles. The van der Waals surface area contributed by atoms with E-state index < -0.39 is 60.5 Å². The maximum absolute atomic E-state index is 13.4. The average Bonchev–Trinajstić information content (AvgIpc) is 3.07. The minimum Gasteiger partial charge on any atom is -0.493 e. The van der Waals surface area contributed by atoms with Crippen LogP contribution in [0.25, 0.3) is 0 Å². The Balaban J connectivity index is 1.75. The molecule has 0 radical (unpaired) electrons. The van der Waals surface area contributed by atoms with E-state index in [1.807, 2.05) is 6.92 Å². The molecule has 254 valence electrons. The molecule has 2 heterocycles. The van der Waals surface area contributed by atoms with Gasteiger partial charge in [-0.3, -0.25) is 4.79 Å². The average molecular weight is 657 g/mol. The number of methoxy groups -OCH3 is 1. The molecule has 12 nitrogen and oxygen atoms in total. The lowest BCUT2D eigenvalue weighted by Gasteiger charge is -2.30. The normalized spacial score (nSPS) is 20.5. The van der Waals surface area contributed by atoms with Crippen molar-refractivity contribution in [2.24, 2.45) is 5.92 Å². The van der Waals surface area contributed by atoms with Gasteiger partial charge in [0.2, 0.25) is 6.79 Å². The molecule has 1 N–H and O–H groups in total. The van der Waals surface area contributed by atoms with Crippen LogP contribution in [-0.4, -0.2) is 88.0 Å². The number of aromatic nitrogens is 1. The smallest absolute Gasteiger partial charge is 0.416 e. The summed E-state index contributed by atoms with van der Waals surface area (Å²) < 4.78 is 77.5. The molecular formula is C31H39F3N2O10. The molecule has 1 saturated heterocycles. The minimum atomic E-state index is -4.46. The molecule has 1 amide bonds. The fourth-order valence-electron chi connectivity index (χ4n) is 4.65. The van der Waals surface area contributed by atoms with Crippen molar-refractivity contribution in [1.29, 1.82) is 0 Å². The van der Waals surface area contributed by atoms with Crippen LogP contribution >= 0.6 is 0 Å². The number of benzene rings is 1. The summed E-state index contributed by atoms with van der Waals surface area (Å²) in [6.07, 6.45) is -3.64. The first-order valence-corrected chi connectivity index (χ1v) is 14.7. The summed E-state index contributed by atoms with van der Waals surface area (Å²) in [4.78, 5) is 42.4. The summed E-state index contributed by atoms with van der Waals surface area (Å²) in [5.41, 5.74) is -0.400. The maximum Gasteiger partial charge on any atom is 0.416 e. The number of carbonyl (C=O) groups excluding carboxylic acids is 3. The van der Waals surface area contributed by atoms with Gasteiger partial charge in [0.05, 0.1) is 32.0 Å². The van der Waals surface area contributed by atoms with Crippen LogP contribution in [0.3, 0.4) is 0 Å². The molecule has 1 aromatic carbocycles. The Morgan fingerprint density at radius 2 is 1.85 bits per heavy atom. The number of cyclic esters (lactones) is 1. The summed E-state index contributed by atoms with van der Waals surface area (Å²) in [7, 11) is 1.34. The molecule has 1 aliphatic heterocycles. The van der Waals surface area contributed by atoms with Gasteiger partial charge in [0.15, 0.2) is 23.2 Å². The van der Waals surface area contributed by atoms with Crippen LogP contribution in [0.1, 0.15) is 48.8 Å². The number of nitrogens with zero attached hydrogens (tertiary/aromatic N) is 1. The van der Waals surface area contributed by atoms with E-state index in [0.29, 0.717) is 25.2 Å². The van der Waals surface area contributed by atoms with Gasteiger partial charge in [-0.1, -0.05) is 19.1 Å². The van der Waals surface area contributed by atoms with Gasteiger partial charge >= 0.3 is 18.1 Å². The molecule has 1 aromatic heterocycles. The van der Waals surface area contributed by atoms with Crippen molar-refractivity contribution in [3.8, 4) is 11.5 Å². The van der Waals surface area contributed by atoms with E-state index in [2.05, 4.69) is 10.3 Å². The van der Waals surface area contributed by atoms with Crippen LogP contribution in [0.15, 0.2) is 36.5 Å². The van der Waals surface area contributed by atoms with E-state index in [4.69, 9.17) is 33.2 Å². The third kappa shape index (κ3) is 10.6. The van der Waals surface area contributed by atoms with Crippen molar-refractivity contribution in [3.05, 3.63) is 53.3 Å². The van der Waals surface area contributed by atoms with Gasteiger partial charge < -0.3 is 38.5 Å². The summed E-state index contributed by atoms with van der Waals surface area (Å²) in [6.45, 7) is 4.86. The molecular weight excluding hydrogens is 617 g/mol. The van der Waals surface area contributed by atoms with E-state index >= 15 is 0 Å². The predicted molar refractivity (Wildman–Crippen MR) is 155 cm³/mol. The maximum atomic E-state index is 13.4. The van der Waals surface area contributed by atoms with Gasteiger partial charge in [0.1, 0.15) is 12.7 Å². The highest BCUT2D eigenvalue weighted by atomic mass is 19.4. The van der Waals surface area contributed by atoms with E-state index in [1.165, 1.54) is 31.5 Å². The molecule has 0 spiro atoms. The van der Waals surface area contributed by atoms with Crippen LogP contribution in [0.2, 0.25) is 0 Å². The zero-order chi connectivity index (χ0) is 33.7. The van der Waals surface area contributed by atoms with Crippen molar-refractivity contribution < 1.29 is 60.7 Å². The Bertz CT molecular complexity index is 1290. The van der Waals surface area contributed by atoms with Gasteiger partial charge in [-0.15, -0.1) is 0 Å². The van der Waals surface area contributed by atoms with Crippen molar-refractivity contribution >= 4 is 17.8 Å². The Labute approximate surface area is 264 Å². The van der Waals surface area contributed by atoms with E-state index in [9.17, 15) is 27.6 Å². The van der Waals surface area contributed by atoms with Crippen molar-refractivity contribution in [2.45, 2.75) is 58.0 Å². The molecule has 1 fully saturated rings. The fraction of sp³-hybridized carbons (Fsp3) is 0.548. The highest BCUT2D eigenvalue weighted by Crippen LogP contribution is 2.31. The number of nitrogens with one attached hydrogen (secondary N) is 1. The fourth-order valence-corrected chi connectivity index (χ4v) is 4.65. The quantitative estimate of drug-likeness (QED) is 0.235. The van der Waals surface area contributed by atoms with E-state index in [-0.39, 0.29) is 43.4 Å². The number of halogens is 3. The number of ether oxygens (including phenoxy) is 7. The first-order valence-electron chi connectivity index (χ1n) is 14.7. The predicted octanol–water partition coefficient (Wildman–Crippen LogP) is 3.74. The molecule has 2 aromatic rings. The Kier molecular flexibility index (Phi) is 14.0. The molecule has 0 unspecified atom stereocenters. The number of amides is 1. The Morgan fingerprint density at radius 1 is 1.11 bits per heavy atom. The van der Waals surface area contributed by atoms with Crippen molar-refractivity contribution in [3.63, 3.8) is 0 Å². The van der Waals surface area contributed by atoms with Gasteiger partial charge in [0.25, 0.3) is 5.91 Å². The highest BCUT2D eigenvalue weighted by Gasteiger charge is 2.36. The largest absolute Gasteiger partial charge is 0.493 e. The molecule has 15 heteroatoms. The third-order valence-electron chi connectivity index (χ3n) is 6.88. The minimum absolute atomic E-state index is 0.0572. The molecule has 46 heavy (non-hydrogen) atoms. The van der Waals surface area contributed by atoms with Gasteiger partial charge in [-0.2, -0.15) is 13.2 Å². The number of alkyl halides is 3. The summed E-state index contributed by atoms with van der Waals surface area (Å²) in [5.74, 6) is -2.73. The number of rotatable bonds is 14. The van der Waals surface area contributed by atoms with E-state index in [1.54, 1.807) is 13.8 Å². The van der Waals surface area contributed by atoms with Gasteiger partial charge in [-0.05, 0) is 44.4 Å². The van der Waals surface area contributed by atoms with Crippen molar-refractivity contribution in [1.82, 2.24) is 10.3 Å². The second-order valence-electron chi connectivity index (χ2n) is 10.3. The standard InChI is InChI=1S/C31H39F3N2O10/c1-5-13-43-27-19(3)46-30(39)23(16-42-15-21(27)14-20-7-9-22(10-8-20)31(32,33)34)36-29(38)26-28(24(40-4)11-12-35-26)45-18-44-25(37)17-41-6-2/h7-12,19,21,23,27H,5-6,13-18H2,1-4H3,(H,36,38)/t19-,21-,23-,27-/m0/s1. The first-order chi connectivity index (χ1) is 22.0. The zero-order valence-electron chi connectivity index (χ0n) is 26.1. The van der Waals surface area contributed by atoms with Crippen LogP contribution in [-0.2, 0) is 45.9 Å². The lowest BCUT2D eigenvalue weighted by Crippen LogP contribution is -2.46. The Hall–Kier alpha value is -3.95. The number of carbonyl (C=O) groups is 3. The second-order valence-corrected chi connectivity index (χ2v) is 10.3. The topological polar surface area (TPSA) is 141 Å². The molecule has 0 saturated carbocycles. The van der Waals surface area contributed by atoms with Crippen LogP contribution in [0.5, 0.6) is 11.5 Å². The number of esters is 2. The first kappa shape index (κ1) is 36.5. The molecule has 4 atom stereocenters. The highest BCUT2D eigenvalue weighted by molar-refractivity contribution is 5.98. The second kappa shape index (κ2) is 17.7. The number of hydrogen-bond acceptors (Lipinski definition) is 11. The van der Waals surface area contributed by atoms with Crippen LogP contribution in [0.4, 0.5) is 13.2 Å². The third-order valence-corrected chi connectivity index (χ3v) is 6.88. The monoisotopic (exact) mass is 656 g/mol. The van der Waals surface area contributed by atoms with Crippen LogP contribution < -0.4 is 14.8 Å². The SMILES string of the molecule is CCCO[C@@H]1[C@@H](Cc2ccc(C(F)(F)F)cc2)COC[C@H](NC(=O)c2nccc(OC)c2OCOC(=O)COCC)C(=O)O[C@H]1C. The summed E-state index contributed by atoms with van der Waals surface area (Å²) in [5, 5.41) is 2.55. The molecule has 1 aliphatic rings. The molecule has 3 rings (SSSR count).